The standard InChI is InChI=1S/C21H21F3N2O5/c1-3-30-18(27)16-17(25-19(28)26(2)20(16,29)21(22,23)24)13-8-7-11-15(12-13)31-14-9-5-4-6-10-14/h4-12,16-17,29H,3H2,1-2H3,(H,25,28)/t16-,17-,20+/m1/s1. The molecule has 1 saturated heterocycles. The van der Waals surface area contributed by atoms with Crippen molar-refractivity contribution < 1.29 is 37.3 Å². The van der Waals surface area contributed by atoms with Gasteiger partial charge >= 0.3 is 18.2 Å². The molecule has 0 radical (unpaired) electrons. The van der Waals surface area contributed by atoms with Crippen LogP contribution in [-0.4, -0.2) is 47.6 Å². The molecule has 2 N–H and O–H groups in total. The minimum atomic E-state index is -5.33. The Balaban J connectivity index is 2.06. The summed E-state index contributed by atoms with van der Waals surface area (Å²) in [6.07, 6.45) is -5.33. The highest BCUT2D eigenvalue weighted by Crippen LogP contribution is 2.47. The molecule has 7 nitrogen and oxygen atoms in total. The minimum absolute atomic E-state index is 0.0649. The van der Waals surface area contributed by atoms with Gasteiger partial charge in [-0.2, -0.15) is 13.2 Å². The average Bonchev–Trinajstić information content (AvgIpc) is 2.72. The Bertz CT molecular complexity index is 954. The van der Waals surface area contributed by atoms with Gasteiger partial charge in [-0.3, -0.25) is 9.69 Å². The van der Waals surface area contributed by atoms with Gasteiger partial charge in [0.25, 0.3) is 5.72 Å². The van der Waals surface area contributed by atoms with Crippen LogP contribution in [-0.2, 0) is 9.53 Å². The van der Waals surface area contributed by atoms with Crippen LogP contribution >= 0.6 is 0 Å². The van der Waals surface area contributed by atoms with E-state index in [1.807, 2.05) is 0 Å². The molecule has 1 fully saturated rings. The van der Waals surface area contributed by atoms with Crippen molar-refractivity contribution in [3.8, 4) is 11.5 Å². The fraction of sp³-hybridized carbons (Fsp3) is 0.333. The van der Waals surface area contributed by atoms with E-state index in [2.05, 4.69) is 5.32 Å². The van der Waals surface area contributed by atoms with E-state index >= 15 is 0 Å². The summed E-state index contributed by atoms with van der Waals surface area (Å²) in [6, 6.07) is 11.8. The van der Waals surface area contributed by atoms with Crippen molar-refractivity contribution in [1.82, 2.24) is 10.2 Å². The molecular weight excluding hydrogens is 417 g/mol. The van der Waals surface area contributed by atoms with Crippen molar-refractivity contribution in [3.05, 3.63) is 60.2 Å². The van der Waals surface area contributed by atoms with Crippen LogP contribution in [0.5, 0.6) is 11.5 Å². The zero-order valence-electron chi connectivity index (χ0n) is 16.7. The van der Waals surface area contributed by atoms with Crippen LogP contribution in [0, 0.1) is 5.92 Å². The second-order valence-corrected chi connectivity index (χ2v) is 6.93. The lowest BCUT2D eigenvalue weighted by Crippen LogP contribution is -2.73. The number of carbonyl (C=O) groups excluding carboxylic acids is 2. The second kappa shape index (κ2) is 8.46. The van der Waals surface area contributed by atoms with Crippen molar-refractivity contribution >= 4 is 12.0 Å². The fourth-order valence-corrected chi connectivity index (χ4v) is 3.48. The first kappa shape index (κ1) is 22.4. The van der Waals surface area contributed by atoms with Gasteiger partial charge in [0.15, 0.2) is 0 Å². The van der Waals surface area contributed by atoms with Crippen LogP contribution < -0.4 is 10.1 Å². The molecule has 0 spiro atoms. The molecule has 2 aromatic rings. The number of nitrogens with zero attached hydrogens (tertiary/aromatic N) is 1. The Kier molecular flexibility index (Phi) is 6.12. The maximum absolute atomic E-state index is 14.0. The molecule has 0 aliphatic carbocycles. The van der Waals surface area contributed by atoms with Crippen molar-refractivity contribution in [2.75, 3.05) is 13.7 Å². The van der Waals surface area contributed by atoms with Gasteiger partial charge in [-0.15, -0.1) is 0 Å². The molecule has 1 aliphatic heterocycles. The summed E-state index contributed by atoms with van der Waals surface area (Å²) >= 11 is 0. The summed E-state index contributed by atoms with van der Waals surface area (Å²) in [5, 5.41) is 13.0. The number of hydrogen-bond acceptors (Lipinski definition) is 5. The third-order valence-electron chi connectivity index (χ3n) is 5.02. The van der Waals surface area contributed by atoms with E-state index in [0.717, 1.165) is 7.05 Å². The monoisotopic (exact) mass is 438 g/mol. The Morgan fingerprint density at radius 2 is 1.81 bits per heavy atom. The van der Waals surface area contributed by atoms with E-state index in [4.69, 9.17) is 9.47 Å². The van der Waals surface area contributed by atoms with E-state index < -0.39 is 35.9 Å². The Labute approximate surface area is 176 Å². The Morgan fingerprint density at radius 3 is 2.42 bits per heavy atom. The van der Waals surface area contributed by atoms with Crippen molar-refractivity contribution in [2.24, 2.45) is 5.92 Å². The molecule has 0 unspecified atom stereocenters. The smallest absolute Gasteiger partial charge is 0.437 e. The first-order valence-electron chi connectivity index (χ1n) is 9.42. The highest BCUT2D eigenvalue weighted by atomic mass is 19.4. The summed E-state index contributed by atoms with van der Waals surface area (Å²) in [6.45, 7) is 1.23. The molecule has 2 aromatic carbocycles. The van der Waals surface area contributed by atoms with Crippen molar-refractivity contribution in [2.45, 2.75) is 24.9 Å². The molecule has 166 valence electrons. The molecule has 1 heterocycles. The average molecular weight is 438 g/mol. The van der Waals surface area contributed by atoms with E-state index in [1.165, 1.54) is 25.1 Å². The van der Waals surface area contributed by atoms with Gasteiger partial charge in [0.1, 0.15) is 17.4 Å². The summed E-state index contributed by atoms with van der Waals surface area (Å²) in [5.74, 6) is -2.72. The normalized spacial score (nSPS) is 23.8. The van der Waals surface area contributed by atoms with Crippen LogP contribution in [0.2, 0.25) is 0 Å². The number of nitrogens with one attached hydrogen (secondary N) is 1. The number of para-hydroxylation sites is 1. The van der Waals surface area contributed by atoms with Gasteiger partial charge in [0, 0.05) is 7.05 Å². The molecule has 3 rings (SSSR count). The SMILES string of the molecule is CCOC(=O)[C@H]1[C@@H](c2cccc(Oc3ccccc3)c2)NC(=O)N(C)[C@@]1(O)C(F)(F)F. The van der Waals surface area contributed by atoms with Crippen LogP contribution in [0.3, 0.4) is 0 Å². The number of halogens is 3. The third kappa shape index (κ3) is 4.15. The number of urea groups is 1. The van der Waals surface area contributed by atoms with Crippen LogP contribution in [0.4, 0.5) is 18.0 Å². The Hall–Kier alpha value is -3.27. The van der Waals surface area contributed by atoms with E-state index in [-0.39, 0.29) is 22.8 Å². The van der Waals surface area contributed by atoms with Gasteiger partial charge < -0.3 is 19.9 Å². The molecule has 2 amide bonds. The number of ether oxygens (including phenoxy) is 2. The number of rotatable bonds is 5. The molecule has 0 aromatic heterocycles. The summed E-state index contributed by atoms with van der Waals surface area (Å²) in [4.78, 5) is 25.0. The zero-order valence-corrected chi connectivity index (χ0v) is 16.7. The van der Waals surface area contributed by atoms with Crippen LogP contribution in [0.15, 0.2) is 54.6 Å². The molecule has 0 bridgehead atoms. The first-order valence-corrected chi connectivity index (χ1v) is 9.42. The first-order chi connectivity index (χ1) is 14.6. The molecule has 1 aliphatic rings. The highest BCUT2D eigenvalue weighted by molar-refractivity contribution is 5.83. The summed E-state index contributed by atoms with van der Waals surface area (Å²) in [5.41, 5.74) is -3.64. The number of alkyl halides is 3. The van der Waals surface area contributed by atoms with Crippen molar-refractivity contribution in [1.29, 1.82) is 0 Å². The zero-order chi connectivity index (χ0) is 22.8. The number of carbonyl (C=O) groups is 2. The lowest BCUT2D eigenvalue weighted by molar-refractivity contribution is -0.328. The predicted molar refractivity (Wildman–Crippen MR) is 103 cm³/mol. The van der Waals surface area contributed by atoms with Crippen LogP contribution in [0.1, 0.15) is 18.5 Å². The topological polar surface area (TPSA) is 88.1 Å². The maximum atomic E-state index is 14.0. The lowest BCUT2D eigenvalue weighted by Gasteiger charge is -2.49. The van der Waals surface area contributed by atoms with Gasteiger partial charge in [-0.05, 0) is 36.8 Å². The number of aliphatic hydroxyl groups is 1. The number of esters is 1. The highest BCUT2D eigenvalue weighted by Gasteiger charge is 2.69. The van der Waals surface area contributed by atoms with Gasteiger partial charge in [0.05, 0.1) is 12.6 Å². The third-order valence-corrected chi connectivity index (χ3v) is 5.02. The van der Waals surface area contributed by atoms with Crippen LogP contribution in [0.25, 0.3) is 0 Å². The van der Waals surface area contributed by atoms with E-state index in [1.54, 1.807) is 36.4 Å². The Morgan fingerprint density at radius 1 is 1.16 bits per heavy atom. The molecule has 10 heteroatoms. The number of amides is 2. The van der Waals surface area contributed by atoms with Gasteiger partial charge in [-0.25, -0.2) is 4.79 Å². The van der Waals surface area contributed by atoms with Crippen molar-refractivity contribution in [3.63, 3.8) is 0 Å². The largest absolute Gasteiger partial charge is 0.466 e. The summed E-state index contributed by atoms with van der Waals surface area (Å²) < 4.78 is 52.4. The van der Waals surface area contributed by atoms with Gasteiger partial charge in [-0.1, -0.05) is 30.3 Å². The number of benzene rings is 2. The van der Waals surface area contributed by atoms with Gasteiger partial charge in [0.2, 0.25) is 0 Å². The maximum Gasteiger partial charge on any atom is 0.437 e. The summed E-state index contributed by atoms with van der Waals surface area (Å²) in [7, 11) is 0.764. The predicted octanol–water partition coefficient (Wildman–Crippen LogP) is 3.61. The van der Waals surface area contributed by atoms with E-state index in [9.17, 15) is 27.9 Å². The second-order valence-electron chi connectivity index (χ2n) is 6.93. The molecule has 3 atom stereocenters. The molecule has 0 saturated carbocycles. The number of hydrogen-bond donors (Lipinski definition) is 2. The molecular formula is C21H21F3N2O5. The molecule has 31 heavy (non-hydrogen) atoms. The van der Waals surface area contributed by atoms with E-state index in [0.29, 0.717) is 5.75 Å². The quantitative estimate of drug-likeness (QED) is 0.697. The minimum Gasteiger partial charge on any atom is -0.466 e. The lowest BCUT2D eigenvalue weighted by atomic mass is 9.81. The fourth-order valence-electron chi connectivity index (χ4n) is 3.48.